The number of hydrogen-bond acceptors (Lipinski definition) is 5. The third kappa shape index (κ3) is 3.81. The highest BCUT2D eigenvalue weighted by molar-refractivity contribution is 5.82. The van der Waals surface area contributed by atoms with Crippen molar-refractivity contribution >= 4 is 22.5 Å². The number of amides is 1. The predicted molar refractivity (Wildman–Crippen MR) is 119 cm³/mol. The van der Waals surface area contributed by atoms with E-state index in [-0.39, 0.29) is 18.0 Å². The van der Waals surface area contributed by atoms with Gasteiger partial charge >= 0.3 is 0 Å². The number of hydrogen-bond donors (Lipinski definition) is 1. The highest BCUT2D eigenvalue weighted by Crippen LogP contribution is 2.28. The number of rotatable bonds is 5. The summed E-state index contributed by atoms with van der Waals surface area (Å²) in [5.41, 5.74) is 1.72. The van der Waals surface area contributed by atoms with E-state index in [1.54, 1.807) is 0 Å². The van der Waals surface area contributed by atoms with Crippen molar-refractivity contribution in [3.8, 4) is 0 Å². The molecule has 0 saturated carbocycles. The lowest BCUT2D eigenvalue weighted by atomic mass is 9.95. The molecule has 1 aliphatic rings. The molecule has 5 rings (SSSR count). The SMILES string of the molecule is CC(NC(=O)C(C)N1CCC(c2nnc3ccccn23)CC1)c1cc2ccccc2o1. The Bertz CT molecular complexity index is 1170. The lowest BCUT2D eigenvalue weighted by Gasteiger charge is -2.35. The zero-order valence-electron chi connectivity index (χ0n) is 17.9. The van der Waals surface area contributed by atoms with Crippen molar-refractivity contribution in [1.29, 1.82) is 0 Å². The van der Waals surface area contributed by atoms with Crippen LogP contribution >= 0.6 is 0 Å². The van der Waals surface area contributed by atoms with Crippen molar-refractivity contribution in [3.63, 3.8) is 0 Å². The van der Waals surface area contributed by atoms with Crippen LogP contribution in [0.3, 0.4) is 0 Å². The standard InChI is InChI=1S/C24H27N5O2/c1-16(21-15-19-7-3-4-8-20(19)31-21)25-24(30)17(2)28-13-10-18(11-14-28)23-27-26-22-9-5-6-12-29(22)23/h3-9,12,15-18H,10-11,13-14H2,1-2H3,(H,25,30). The molecule has 4 aromatic rings. The lowest BCUT2D eigenvalue weighted by molar-refractivity contribution is -0.127. The van der Waals surface area contributed by atoms with E-state index < -0.39 is 0 Å². The molecule has 0 bridgehead atoms. The van der Waals surface area contributed by atoms with Gasteiger partial charge in [0.2, 0.25) is 5.91 Å². The van der Waals surface area contributed by atoms with Crippen LogP contribution in [0.1, 0.15) is 50.2 Å². The number of fused-ring (bicyclic) bond motifs is 2. The Morgan fingerprint density at radius 1 is 1.10 bits per heavy atom. The van der Waals surface area contributed by atoms with Crippen molar-refractivity contribution in [2.24, 2.45) is 0 Å². The average molecular weight is 418 g/mol. The van der Waals surface area contributed by atoms with Crippen LogP contribution in [0, 0.1) is 0 Å². The van der Waals surface area contributed by atoms with Crippen LogP contribution in [0.25, 0.3) is 16.6 Å². The first-order valence-electron chi connectivity index (χ1n) is 10.9. The minimum atomic E-state index is -0.192. The molecule has 3 aromatic heterocycles. The van der Waals surface area contributed by atoms with Crippen LogP contribution in [0.5, 0.6) is 0 Å². The van der Waals surface area contributed by atoms with Crippen LogP contribution in [-0.4, -0.2) is 44.5 Å². The van der Waals surface area contributed by atoms with Crippen molar-refractivity contribution in [3.05, 3.63) is 66.3 Å². The Morgan fingerprint density at radius 2 is 1.87 bits per heavy atom. The van der Waals surface area contributed by atoms with Crippen LogP contribution in [0.2, 0.25) is 0 Å². The molecule has 0 aliphatic carbocycles. The van der Waals surface area contributed by atoms with Gasteiger partial charge in [-0.2, -0.15) is 0 Å². The van der Waals surface area contributed by atoms with Crippen molar-refractivity contribution < 1.29 is 9.21 Å². The first-order valence-corrected chi connectivity index (χ1v) is 10.9. The number of furan rings is 1. The van der Waals surface area contributed by atoms with Crippen LogP contribution < -0.4 is 5.32 Å². The molecular formula is C24H27N5O2. The second-order valence-corrected chi connectivity index (χ2v) is 8.39. The lowest BCUT2D eigenvalue weighted by Crippen LogP contribution is -2.48. The number of para-hydroxylation sites is 1. The number of nitrogens with one attached hydrogen (secondary N) is 1. The van der Waals surface area contributed by atoms with Crippen LogP contribution in [-0.2, 0) is 4.79 Å². The summed E-state index contributed by atoms with van der Waals surface area (Å²) in [6.07, 6.45) is 3.95. The minimum absolute atomic E-state index is 0.0272. The number of benzene rings is 1. The molecule has 0 spiro atoms. The van der Waals surface area contributed by atoms with E-state index >= 15 is 0 Å². The fourth-order valence-corrected chi connectivity index (χ4v) is 4.47. The topological polar surface area (TPSA) is 75.7 Å². The summed E-state index contributed by atoms with van der Waals surface area (Å²) in [5.74, 6) is 2.18. The second-order valence-electron chi connectivity index (χ2n) is 8.39. The molecule has 2 unspecified atom stereocenters. The Labute approximate surface area is 181 Å². The molecular weight excluding hydrogens is 390 g/mol. The van der Waals surface area contributed by atoms with Crippen molar-refractivity contribution in [1.82, 2.24) is 24.8 Å². The smallest absolute Gasteiger partial charge is 0.237 e. The van der Waals surface area contributed by atoms with E-state index in [1.165, 1.54) is 0 Å². The van der Waals surface area contributed by atoms with Gasteiger partial charge in [0.05, 0.1) is 12.1 Å². The number of pyridine rings is 1. The monoisotopic (exact) mass is 417 g/mol. The normalized spacial score (nSPS) is 17.7. The Hall–Kier alpha value is -3.19. The number of aromatic nitrogens is 3. The molecule has 1 aliphatic heterocycles. The number of likely N-dealkylation sites (tertiary alicyclic amines) is 1. The van der Waals surface area contributed by atoms with Crippen molar-refractivity contribution in [2.45, 2.75) is 44.7 Å². The molecule has 31 heavy (non-hydrogen) atoms. The quantitative estimate of drug-likeness (QED) is 0.533. The van der Waals surface area contributed by atoms with Gasteiger partial charge in [-0.15, -0.1) is 10.2 Å². The van der Waals surface area contributed by atoms with Gasteiger partial charge in [-0.3, -0.25) is 14.1 Å². The molecule has 7 nitrogen and oxygen atoms in total. The maximum Gasteiger partial charge on any atom is 0.237 e. The summed E-state index contributed by atoms with van der Waals surface area (Å²) in [7, 11) is 0. The van der Waals surface area contributed by atoms with Gasteiger partial charge in [0.25, 0.3) is 0 Å². The van der Waals surface area contributed by atoms with Gasteiger partial charge in [-0.05, 0) is 64.0 Å². The van der Waals surface area contributed by atoms with Gasteiger partial charge in [0.1, 0.15) is 17.2 Å². The highest BCUT2D eigenvalue weighted by atomic mass is 16.3. The molecule has 1 aromatic carbocycles. The van der Waals surface area contributed by atoms with E-state index in [0.717, 1.165) is 54.1 Å². The maximum atomic E-state index is 12.9. The van der Waals surface area contributed by atoms with Gasteiger partial charge in [-0.25, -0.2) is 0 Å². The number of carbonyl (C=O) groups excluding carboxylic acids is 1. The number of nitrogens with zero attached hydrogens (tertiary/aromatic N) is 4. The summed E-state index contributed by atoms with van der Waals surface area (Å²) < 4.78 is 7.98. The zero-order chi connectivity index (χ0) is 21.4. The molecule has 160 valence electrons. The molecule has 1 amide bonds. The van der Waals surface area contributed by atoms with E-state index in [2.05, 4.69) is 24.8 Å². The Balaban J connectivity index is 1.19. The van der Waals surface area contributed by atoms with Crippen LogP contribution in [0.15, 0.2) is 59.1 Å². The Kier molecular flexibility index (Phi) is 5.19. The summed E-state index contributed by atoms with van der Waals surface area (Å²) in [4.78, 5) is 15.2. The fraction of sp³-hybridized carbons (Fsp3) is 0.375. The van der Waals surface area contributed by atoms with Crippen molar-refractivity contribution in [2.75, 3.05) is 13.1 Å². The fourth-order valence-electron chi connectivity index (χ4n) is 4.47. The van der Waals surface area contributed by atoms with E-state index in [0.29, 0.717) is 5.92 Å². The summed E-state index contributed by atoms with van der Waals surface area (Å²) in [6.45, 7) is 5.67. The molecule has 1 fully saturated rings. The largest absolute Gasteiger partial charge is 0.459 e. The molecule has 2 atom stereocenters. The van der Waals surface area contributed by atoms with Gasteiger partial charge in [0.15, 0.2) is 5.65 Å². The van der Waals surface area contributed by atoms with E-state index in [1.807, 2.05) is 68.6 Å². The molecule has 1 saturated heterocycles. The van der Waals surface area contributed by atoms with Gasteiger partial charge in [0, 0.05) is 17.5 Å². The van der Waals surface area contributed by atoms with E-state index in [9.17, 15) is 4.79 Å². The molecule has 7 heteroatoms. The summed E-state index contributed by atoms with van der Waals surface area (Å²) in [5, 5.41) is 12.9. The first-order chi connectivity index (χ1) is 15.1. The molecule has 4 heterocycles. The highest BCUT2D eigenvalue weighted by Gasteiger charge is 2.30. The van der Waals surface area contributed by atoms with E-state index in [4.69, 9.17) is 4.42 Å². The maximum absolute atomic E-state index is 12.9. The first kappa shape index (κ1) is 19.8. The second kappa shape index (κ2) is 8.15. The minimum Gasteiger partial charge on any atom is -0.459 e. The van der Waals surface area contributed by atoms with Gasteiger partial charge < -0.3 is 9.73 Å². The number of piperidine rings is 1. The Morgan fingerprint density at radius 3 is 2.68 bits per heavy atom. The number of carbonyl (C=O) groups is 1. The summed E-state index contributed by atoms with van der Waals surface area (Å²) in [6, 6.07) is 15.5. The molecule has 1 N–H and O–H groups in total. The third-order valence-corrected chi connectivity index (χ3v) is 6.39. The van der Waals surface area contributed by atoms with Crippen LogP contribution in [0.4, 0.5) is 0 Å². The zero-order valence-corrected chi connectivity index (χ0v) is 17.9. The summed E-state index contributed by atoms with van der Waals surface area (Å²) >= 11 is 0. The molecule has 0 radical (unpaired) electrons. The average Bonchev–Trinajstić information content (AvgIpc) is 3.43. The van der Waals surface area contributed by atoms with Gasteiger partial charge in [-0.1, -0.05) is 24.3 Å². The third-order valence-electron chi connectivity index (χ3n) is 6.39. The predicted octanol–water partition coefficient (Wildman–Crippen LogP) is 3.92.